The molecule has 4 nitrogen and oxygen atoms in total. The van der Waals surface area contributed by atoms with Gasteiger partial charge in [-0.3, -0.25) is 9.78 Å². The fraction of sp³-hybridized carbons (Fsp3) is 0.176. The zero-order valence-electron chi connectivity index (χ0n) is 12.1. The van der Waals surface area contributed by atoms with Gasteiger partial charge in [0.1, 0.15) is 0 Å². The Bertz CT molecular complexity index is 726. The van der Waals surface area contributed by atoms with Gasteiger partial charge in [0.2, 0.25) is 0 Å². The summed E-state index contributed by atoms with van der Waals surface area (Å²) in [5.41, 5.74) is 9.42. The molecule has 0 saturated carbocycles. The van der Waals surface area contributed by atoms with Crippen LogP contribution in [0.15, 0.2) is 36.5 Å². The van der Waals surface area contributed by atoms with Crippen LogP contribution >= 0.6 is 0 Å². The SMILES string of the molecule is Cc1cc(C(=O)Nc2ccc(C#CCN)c(C)c2)ccn1. The Balaban J connectivity index is 2.17. The maximum Gasteiger partial charge on any atom is 0.255 e. The fourth-order valence-corrected chi connectivity index (χ4v) is 1.92. The Hall–Kier alpha value is -2.64. The van der Waals surface area contributed by atoms with Gasteiger partial charge in [0.25, 0.3) is 5.91 Å². The van der Waals surface area contributed by atoms with Crippen molar-refractivity contribution in [2.24, 2.45) is 5.73 Å². The van der Waals surface area contributed by atoms with Crippen molar-refractivity contribution in [2.75, 3.05) is 11.9 Å². The topological polar surface area (TPSA) is 68.0 Å². The first-order valence-corrected chi connectivity index (χ1v) is 6.64. The highest BCUT2D eigenvalue weighted by molar-refractivity contribution is 6.04. The summed E-state index contributed by atoms with van der Waals surface area (Å²) < 4.78 is 0. The normalized spacial score (nSPS) is 9.67. The lowest BCUT2D eigenvalue weighted by molar-refractivity contribution is 0.102. The van der Waals surface area contributed by atoms with E-state index in [1.165, 1.54) is 0 Å². The second-order valence-electron chi connectivity index (χ2n) is 4.68. The van der Waals surface area contributed by atoms with Crippen LogP contribution in [0, 0.1) is 25.7 Å². The molecule has 3 N–H and O–H groups in total. The molecule has 1 aromatic heterocycles. The van der Waals surface area contributed by atoms with Gasteiger partial charge in [-0.25, -0.2) is 0 Å². The van der Waals surface area contributed by atoms with Gasteiger partial charge in [0.05, 0.1) is 6.54 Å². The van der Waals surface area contributed by atoms with Crippen LogP contribution in [-0.2, 0) is 0 Å². The van der Waals surface area contributed by atoms with E-state index in [-0.39, 0.29) is 5.91 Å². The van der Waals surface area contributed by atoms with E-state index in [0.29, 0.717) is 12.1 Å². The van der Waals surface area contributed by atoms with Crippen LogP contribution < -0.4 is 11.1 Å². The summed E-state index contributed by atoms with van der Waals surface area (Å²) in [6, 6.07) is 9.05. The molecule has 0 atom stereocenters. The van der Waals surface area contributed by atoms with E-state index in [2.05, 4.69) is 22.1 Å². The van der Waals surface area contributed by atoms with Crippen molar-refractivity contribution in [1.82, 2.24) is 4.98 Å². The first-order valence-electron chi connectivity index (χ1n) is 6.64. The predicted octanol–water partition coefficient (Wildman–Crippen LogP) is 2.26. The van der Waals surface area contributed by atoms with Gasteiger partial charge in [-0.15, -0.1) is 0 Å². The minimum Gasteiger partial charge on any atom is -0.322 e. The average molecular weight is 279 g/mol. The van der Waals surface area contributed by atoms with Crippen LogP contribution in [0.25, 0.3) is 0 Å². The second-order valence-corrected chi connectivity index (χ2v) is 4.68. The Morgan fingerprint density at radius 2 is 2.10 bits per heavy atom. The number of nitrogens with one attached hydrogen (secondary N) is 1. The number of benzene rings is 1. The molecule has 21 heavy (non-hydrogen) atoms. The summed E-state index contributed by atoms with van der Waals surface area (Å²) >= 11 is 0. The monoisotopic (exact) mass is 279 g/mol. The molecule has 0 unspecified atom stereocenters. The molecule has 0 bridgehead atoms. The largest absolute Gasteiger partial charge is 0.322 e. The second kappa shape index (κ2) is 6.69. The first kappa shape index (κ1) is 14.8. The lowest BCUT2D eigenvalue weighted by Crippen LogP contribution is -2.12. The Kier molecular flexibility index (Phi) is 4.70. The molecule has 1 heterocycles. The van der Waals surface area contributed by atoms with Gasteiger partial charge < -0.3 is 11.1 Å². The van der Waals surface area contributed by atoms with E-state index in [9.17, 15) is 4.79 Å². The molecule has 2 aromatic rings. The number of amides is 1. The zero-order chi connectivity index (χ0) is 15.2. The highest BCUT2D eigenvalue weighted by Crippen LogP contribution is 2.15. The van der Waals surface area contributed by atoms with E-state index in [4.69, 9.17) is 5.73 Å². The minimum atomic E-state index is -0.152. The molecular weight excluding hydrogens is 262 g/mol. The number of nitrogens with two attached hydrogens (primary N) is 1. The molecule has 0 radical (unpaired) electrons. The number of carbonyl (C=O) groups excluding carboxylic acids is 1. The Labute approximate surface area is 124 Å². The maximum atomic E-state index is 12.2. The van der Waals surface area contributed by atoms with Crippen molar-refractivity contribution in [3.8, 4) is 11.8 Å². The van der Waals surface area contributed by atoms with Gasteiger partial charge in [-0.2, -0.15) is 0 Å². The number of pyridine rings is 1. The lowest BCUT2D eigenvalue weighted by atomic mass is 10.1. The standard InChI is InChI=1S/C17H17N3O/c1-12-10-16(6-5-14(12)4-3-8-18)20-17(21)15-7-9-19-13(2)11-15/h5-7,9-11H,8,18H2,1-2H3,(H,20,21). The van der Waals surface area contributed by atoms with Crippen LogP contribution in [0.4, 0.5) is 5.69 Å². The number of carbonyl (C=O) groups is 1. The van der Waals surface area contributed by atoms with Crippen LogP contribution in [0.1, 0.15) is 27.2 Å². The highest BCUT2D eigenvalue weighted by Gasteiger charge is 2.07. The van der Waals surface area contributed by atoms with Crippen molar-refractivity contribution in [1.29, 1.82) is 0 Å². The summed E-state index contributed by atoms with van der Waals surface area (Å²) in [6.45, 7) is 4.14. The third-order valence-corrected chi connectivity index (χ3v) is 2.97. The summed E-state index contributed by atoms with van der Waals surface area (Å²) in [5, 5.41) is 2.87. The molecule has 1 aromatic carbocycles. The minimum absolute atomic E-state index is 0.152. The molecule has 0 saturated heterocycles. The molecule has 0 aliphatic heterocycles. The van der Waals surface area contributed by atoms with Crippen LogP contribution in [0.3, 0.4) is 0 Å². The van der Waals surface area contributed by atoms with E-state index in [1.807, 2.05) is 32.0 Å². The third kappa shape index (κ3) is 3.91. The summed E-state index contributed by atoms with van der Waals surface area (Å²) in [7, 11) is 0. The van der Waals surface area contributed by atoms with E-state index < -0.39 is 0 Å². The van der Waals surface area contributed by atoms with E-state index in [1.54, 1.807) is 18.3 Å². The van der Waals surface area contributed by atoms with Crippen molar-refractivity contribution in [2.45, 2.75) is 13.8 Å². The number of hydrogen-bond donors (Lipinski definition) is 2. The van der Waals surface area contributed by atoms with Crippen LogP contribution in [0.2, 0.25) is 0 Å². The molecule has 1 amide bonds. The van der Waals surface area contributed by atoms with Gasteiger partial charge in [-0.05, 0) is 49.7 Å². The number of anilines is 1. The smallest absolute Gasteiger partial charge is 0.255 e. The highest BCUT2D eigenvalue weighted by atomic mass is 16.1. The molecule has 106 valence electrons. The molecule has 4 heteroatoms. The summed E-state index contributed by atoms with van der Waals surface area (Å²) in [4.78, 5) is 16.2. The number of rotatable bonds is 2. The van der Waals surface area contributed by atoms with Crippen LogP contribution in [0.5, 0.6) is 0 Å². The Morgan fingerprint density at radius 3 is 2.76 bits per heavy atom. The van der Waals surface area contributed by atoms with Crippen molar-refractivity contribution >= 4 is 11.6 Å². The maximum absolute atomic E-state index is 12.2. The van der Waals surface area contributed by atoms with Gasteiger partial charge in [0.15, 0.2) is 0 Å². The van der Waals surface area contributed by atoms with E-state index >= 15 is 0 Å². The molecule has 0 fully saturated rings. The van der Waals surface area contributed by atoms with Gasteiger partial charge >= 0.3 is 0 Å². The average Bonchev–Trinajstić information content (AvgIpc) is 2.46. The summed E-state index contributed by atoms with van der Waals surface area (Å²) in [5.74, 6) is 5.67. The van der Waals surface area contributed by atoms with Crippen molar-refractivity contribution in [3.63, 3.8) is 0 Å². The molecular formula is C17H17N3O. The molecule has 2 rings (SSSR count). The van der Waals surface area contributed by atoms with Gasteiger partial charge in [0, 0.05) is 28.7 Å². The fourth-order valence-electron chi connectivity index (χ4n) is 1.92. The zero-order valence-corrected chi connectivity index (χ0v) is 12.1. The summed E-state index contributed by atoms with van der Waals surface area (Å²) in [6.07, 6.45) is 1.63. The van der Waals surface area contributed by atoms with Crippen molar-refractivity contribution in [3.05, 3.63) is 58.9 Å². The molecule has 0 spiro atoms. The van der Waals surface area contributed by atoms with E-state index in [0.717, 1.165) is 22.5 Å². The first-order chi connectivity index (χ1) is 10.1. The molecule has 0 aliphatic carbocycles. The number of hydrogen-bond acceptors (Lipinski definition) is 3. The number of aromatic nitrogens is 1. The Morgan fingerprint density at radius 1 is 1.29 bits per heavy atom. The number of aryl methyl sites for hydroxylation is 2. The third-order valence-electron chi connectivity index (χ3n) is 2.97. The lowest BCUT2D eigenvalue weighted by Gasteiger charge is -2.07. The number of nitrogens with zero attached hydrogens (tertiary/aromatic N) is 1. The van der Waals surface area contributed by atoms with Gasteiger partial charge in [-0.1, -0.05) is 11.8 Å². The predicted molar refractivity (Wildman–Crippen MR) is 84.0 cm³/mol. The quantitative estimate of drug-likeness (QED) is 0.829. The molecule has 0 aliphatic rings. The van der Waals surface area contributed by atoms with Crippen LogP contribution in [-0.4, -0.2) is 17.4 Å². The van der Waals surface area contributed by atoms with Crippen molar-refractivity contribution < 1.29 is 4.79 Å².